The third kappa shape index (κ3) is 3.06. The summed E-state index contributed by atoms with van der Waals surface area (Å²) in [7, 11) is 0. The highest BCUT2D eigenvalue weighted by Gasteiger charge is 2.41. The van der Waals surface area contributed by atoms with Crippen molar-refractivity contribution in [1.29, 1.82) is 0 Å². The Labute approximate surface area is 86.2 Å². The van der Waals surface area contributed by atoms with E-state index < -0.39 is 17.7 Å². The van der Waals surface area contributed by atoms with Gasteiger partial charge in [0.25, 0.3) is 5.92 Å². The molecule has 1 saturated heterocycles. The molecule has 0 saturated carbocycles. The molecule has 14 heavy (non-hydrogen) atoms. The molecule has 82 valence electrons. The SMILES string of the molecule is O=C(CCl)NCC1CNCCC1(F)F. The maximum Gasteiger partial charge on any atom is 0.255 e. The zero-order valence-electron chi connectivity index (χ0n) is 7.66. The van der Waals surface area contributed by atoms with Crippen molar-refractivity contribution >= 4 is 17.5 Å². The highest BCUT2D eigenvalue weighted by molar-refractivity contribution is 6.27. The number of hydrogen-bond donors (Lipinski definition) is 2. The first-order chi connectivity index (χ1) is 6.56. The number of nitrogens with one attached hydrogen (secondary N) is 2. The first-order valence-electron chi connectivity index (χ1n) is 4.47. The molecular weight excluding hydrogens is 214 g/mol. The predicted octanol–water partition coefficient (Wildman–Crippen LogP) is 0.586. The van der Waals surface area contributed by atoms with E-state index in [1.165, 1.54) is 0 Å². The van der Waals surface area contributed by atoms with Gasteiger partial charge in [-0.3, -0.25) is 4.79 Å². The minimum atomic E-state index is -2.69. The molecule has 1 rings (SSSR count). The lowest BCUT2D eigenvalue weighted by atomic mass is 9.95. The molecule has 1 unspecified atom stereocenters. The van der Waals surface area contributed by atoms with Crippen LogP contribution in [0.2, 0.25) is 0 Å². The Morgan fingerprint density at radius 2 is 2.36 bits per heavy atom. The highest BCUT2D eigenvalue weighted by Crippen LogP contribution is 2.29. The Balaban J connectivity index is 2.38. The smallest absolute Gasteiger partial charge is 0.255 e. The largest absolute Gasteiger partial charge is 0.355 e. The van der Waals surface area contributed by atoms with Crippen molar-refractivity contribution in [3.8, 4) is 0 Å². The molecule has 1 aliphatic rings. The maximum atomic E-state index is 13.2. The van der Waals surface area contributed by atoms with Gasteiger partial charge in [-0.2, -0.15) is 0 Å². The van der Waals surface area contributed by atoms with E-state index in [-0.39, 0.29) is 25.4 Å². The Bertz CT molecular complexity index is 214. The molecule has 1 amide bonds. The van der Waals surface area contributed by atoms with Gasteiger partial charge in [0.2, 0.25) is 5.91 Å². The van der Waals surface area contributed by atoms with Crippen molar-refractivity contribution in [2.24, 2.45) is 5.92 Å². The fourth-order valence-corrected chi connectivity index (χ4v) is 1.49. The van der Waals surface area contributed by atoms with Gasteiger partial charge in [0.1, 0.15) is 5.88 Å². The van der Waals surface area contributed by atoms with Crippen molar-refractivity contribution in [3.63, 3.8) is 0 Å². The third-order valence-corrected chi connectivity index (χ3v) is 2.53. The van der Waals surface area contributed by atoms with Crippen molar-refractivity contribution in [3.05, 3.63) is 0 Å². The summed E-state index contributed by atoms with van der Waals surface area (Å²) in [6.07, 6.45) is -0.172. The third-order valence-electron chi connectivity index (χ3n) is 2.29. The summed E-state index contributed by atoms with van der Waals surface area (Å²) in [5, 5.41) is 5.23. The molecule has 1 atom stereocenters. The first kappa shape index (κ1) is 11.7. The normalized spacial score (nSPS) is 25.8. The standard InChI is InChI=1S/C8H13ClF2N2O/c9-3-7(14)13-5-6-4-12-2-1-8(6,10)11/h6,12H,1-5H2,(H,13,14). The fraction of sp³-hybridized carbons (Fsp3) is 0.875. The summed E-state index contributed by atoms with van der Waals surface area (Å²) in [6, 6.07) is 0. The summed E-state index contributed by atoms with van der Waals surface area (Å²) < 4.78 is 26.4. The second kappa shape index (κ2) is 4.89. The van der Waals surface area contributed by atoms with E-state index in [4.69, 9.17) is 11.6 Å². The van der Waals surface area contributed by atoms with Gasteiger partial charge in [-0.25, -0.2) is 8.78 Å². The molecule has 0 aromatic rings. The topological polar surface area (TPSA) is 41.1 Å². The number of hydrogen-bond acceptors (Lipinski definition) is 2. The lowest BCUT2D eigenvalue weighted by molar-refractivity contribution is -0.120. The van der Waals surface area contributed by atoms with Crippen LogP contribution in [0.4, 0.5) is 8.78 Å². The van der Waals surface area contributed by atoms with Gasteiger partial charge in [0, 0.05) is 26.1 Å². The molecule has 1 aliphatic heterocycles. The van der Waals surface area contributed by atoms with E-state index in [0.29, 0.717) is 6.54 Å². The van der Waals surface area contributed by atoms with E-state index in [0.717, 1.165) is 0 Å². The van der Waals surface area contributed by atoms with Crippen LogP contribution in [0.3, 0.4) is 0 Å². The Morgan fingerprint density at radius 1 is 1.64 bits per heavy atom. The highest BCUT2D eigenvalue weighted by atomic mass is 35.5. The van der Waals surface area contributed by atoms with Crippen molar-refractivity contribution in [2.45, 2.75) is 12.3 Å². The van der Waals surface area contributed by atoms with Crippen molar-refractivity contribution < 1.29 is 13.6 Å². The minimum absolute atomic E-state index is 0.0223. The number of carbonyl (C=O) groups excluding carboxylic acids is 1. The first-order valence-corrected chi connectivity index (χ1v) is 5.01. The molecular formula is C8H13ClF2N2O. The Kier molecular flexibility index (Phi) is 4.07. The minimum Gasteiger partial charge on any atom is -0.355 e. The average Bonchev–Trinajstić information content (AvgIpc) is 2.15. The molecule has 0 radical (unpaired) electrons. The van der Waals surface area contributed by atoms with Gasteiger partial charge < -0.3 is 10.6 Å². The van der Waals surface area contributed by atoms with Crippen LogP contribution in [-0.4, -0.2) is 37.3 Å². The molecule has 6 heteroatoms. The maximum absolute atomic E-state index is 13.2. The molecule has 0 spiro atoms. The number of carbonyl (C=O) groups is 1. The summed E-state index contributed by atoms with van der Waals surface area (Å²) in [6.45, 7) is 0.536. The average molecular weight is 227 g/mol. The zero-order valence-corrected chi connectivity index (χ0v) is 8.41. The van der Waals surface area contributed by atoms with Crippen LogP contribution in [0.5, 0.6) is 0 Å². The molecule has 2 N–H and O–H groups in total. The van der Waals surface area contributed by atoms with Gasteiger partial charge in [-0.1, -0.05) is 0 Å². The molecule has 0 aromatic heterocycles. The molecule has 0 aliphatic carbocycles. The van der Waals surface area contributed by atoms with Crippen molar-refractivity contribution in [2.75, 3.05) is 25.5 Å². The number of piperidine rings is 1. The van der Waals surface area contributed by atoms with Gasteiger partial charge >= 0.3 is 0 Å². The summed E-state index contributed by atoms with van der Waals surface area (Å²) in [4.78, 5) is 10.8. The van der Waals surface area contributed by atoms with E-state index >= 15 is 0 Å². The molecule has 3 nitrogen and oxygen atoms in total. The Morgan fingerprint density at radius 3 is 2.93 bits per heavy atom. The number of rotatable bonds is 3. The molecule has 1 heterocycles. The van der Waals surface area contributed by atoms with Crippen LogP contribution in [0.25, 0.3) is 0 Å². The number of alkyl halides is 3. The van der Waals surface area contributed by atoms with Gasteiger partial charge in [-0.05, 0) is 0 Å². The summed E-state index contributed by atoms with van der Waals surface area (Å²) in [5.41, 5.74) is 0. The Hall–Kier alpha value is -0.420. The molecule has 0 aromatic carbocycles. The fourth-order valence-electron chi connectivity index (χ4n) is 1.39. The second-order valence-electron chi connectivity index (χ2n) is 3.35. The van der Waals surface area contributed by atoms with Gasteiger partial charge in [-0.15, -0.1) is 11.6 Å². The van der Waals surface area contributed by atoms with Gasteiger partial charge in [0.05, 0.1) is 5.92 Å². The van der Waals surface area contributed by atoms with Crippen LogP contribution >= 0.6 is 11.6 Å². The number of halogens is 3. The van der Waals surface area contributed by atoms with E-state index in [1.807, 2.05) is 0 Å². The van der Waals surface area contributed by atoms with Crippen LogP contribution in [0.1, 0.15) is 6.42 Å². The van der Waals surface area contributed by atoms with Crippen molar-refractivity contribution in [1.82, 2.24) is 10.6 Å². The van der Waals surface area contributed by atoms with E-state index in [9.17, 15) is 13.6 Å². The quantitative estimate of drug-likeness (QED) is 0.692. The van der Waals surface area contributed by atoms with Gasteiger partial charge in [0.15, 0.2) is 0 Å². The lowest BCUT2D eigenvalue weighted by Crippen LogP contribution is -2.49. The second-order valence-corrected chi connectivity index (χ2v) is 3.62. The lowest BCUT2D eigenvalue weighted by Gasteiger charge is -2.31. The predicted molar refractivity (Wildman–Crippen MR) is 49.7 cm³/mol. The molecule has 1 fully saturated rings. The zero-order chi connectivity index (χ0) is 10.6. The van der Waals surface area contributed by atoms with Crippen LogP contribution in [-0.2, 0) is 4.79 Å². The van der Waals surface area contributed by atoms with Crippen LogP contribution in [0.15, 0.2) is 0 Å². The van der Waals surface area contributed by atoms with Crippen LogP contribution in [0, 0.1) is 5.92 Å². The summed E-state index contributed by atoms with van der Waals surface area (Å²) in [5.74, 6) is -4.12. The number of amides is 1. The monoisotopic (exact) mass is 226 g/mol. The molecule has 0 bridgehead atoms. The summed E-state index contributed by atoms with van der Waals surface area (Å²) >= 11 is 5.23. The van der Waals surface area contributed by atoms with E-state index in [1.54, 1.807) is 0 Å². The van der Waals surface area contributed by atoms with Crippen LogP contribution < -0.4 is 10.6 Å². The van der Waals surface area contributed by atoms with E-state index in [2.05, 4.69) is 10.6 Å².